The molecule has 1 unspecified atom stereocenters. The molecule has 1 aromatic rings. The van der Waals surface area contributed by atoms with Crippen LogP contribution in [0.15, 0.2) is 17.8 Å². The summed E-state index contributed by atoms with van der Waals surface area (Å²) in [6.45, 7) is 6.24. The van der Waals surface area contributed by atoms with E-state index in [1.807, 2.05) is 6.08 Å². The molecule has 2 heterocycles. The highest BCUT2D eigenvalue weighted by Crippen LogP contribution is 2.33. The third-order valence-corrected chi connectivity index (χ3v) is 8.17. The van der Waals surface area contributed by atoms with Crippen molar-refractivity contribution in [3.63, 3.8) is 0 Å². The third-order valence-electron chi connectivity index (χ3n) is 5.30. The van der Waals surface area contributed by atoms with Crippen molar-refractivity contribution in [2.45, 2.75) is 68.6 Å². The first-order chi connectivity index (χ1) is 12.8. The standard InChI is InChI=1S/C18H28N4O3S2/c1-3-10-22-16(14-7-5-4-6-8-14)20-21-17(22)26-12-15(23)19-18(2)9-11-27(24,25)13-18/h3,14H,1,4-13H2,2H3,(H,19,23). The maximum Gasteiger partial charge on any atom is 0.230 e. The predicted molar refractivity (Wildman–Crippen MR) is 107 cm³/mol. The zero-order valence-electron chi connectivity index (χ0n) is 15.8. The number of hydrogen-bond acceptors (Lipinski definition) is 6. The van der Waals surface area contributed by atoms with Crippen molar-refractivity contribution in [2.75, 3.05) is 17.3 Å². The van der Waals surface area contributed by atoms with Gasteiger partial charge in [0.25, 0.3) is 0 Å². The summed E-state index contributed by atoms with van der Waals surface area (Å²) in [7, 11) is -3.05. The molecule has 27 heavy (non-hydrogen) atoms. The van der Waals surface area contributed by atoms with Crippen LogP contribution in [0, 0.1) is 0 Å². The molecule has 1 aliphatic carbocycles. The summed E-state index contributed by atoms with van der Waals surface area (Å²) in [5.74, 6) is 1.58. The van der Waals surface area contributed by atoms with Crippen LogP contribution in [0.4, 0.5) is 0 Å². The van der Waals surface area contributed by atoms with Crippen LogP contribution < -0.4 is 5.32 Å². The molecular formula is C18H28N4O3S2. The van der Waals surface area contributed by atoms with Gasteiger partial charge in [-0.3, -0.25) is 4.79 Å². The molecule has 0 radical (unpaired) electrons. The van der Waals surface area contributed by atoms with Crippen molar-refractivity contribution in [1.82, 2.24) is 20.1 Å². The van der Waals surface area contributed by atoms with Gasteiger partial charge >= 0.3 is 0 Å². The summed E-state index contributed by atoms with van der Waals surface area (Å²) in [6, 6.07) is 0. The first-order valence-electron chi connectivity index (χ1n) is 9.50. The van der Waals surface area contributed by atoms with Crippen molar-refractivity contribution in [2.24, 2.45) is 0 Å². The van der Waals surface area contributed by atoms with Crippen molar-refractivity contribution in [3.05, 3.63) is 18.5 Å². The minimum absolute atomic E-state index is 0.00881. The first kappa shape index (κ1) is 20.4. The lowest BCUT2D eigenvalue weighted by atomic mass is 9.89. The second-order valence-electron chi connectivity index (χ2n) is 7.81. The molecule has 1 aromatic heterocycles. The minimum atomic E-state index is -3.05. The monoisotopic (exact) mass is 412 g/mol. The van der Waals surface area contributed by atoms with Crippen LogP contribution in [0.3, 0.4) is 0 Å². The third kappa shape index (κ3) is 5.13. The Morgan fingerprint density at radius 2 is 2.11 bits per heavy atom. The summed E-state index contributed by atoms with van der Waals surface area (Å²) in [6.07, 6.45) is 8.27. The molecule has 1 saturated carbocycles. The van der Waals surface area contributed by atoms with Crippen molar-refractivity contribution in [1.29, 1.82) is 0 Å². The molecule has 9 heteroatoms. The van der Waals surface area contributed by atoms with Gasteiger partial charge < -0.3 is 9.88 Å². The van der Waals surface area contributed by atoms with E-state index in [1.54, 1.807) is 6.92 Å². The summed E-state index contributed by atoms with van der Waals surface area (Å²) in [4.78, 5) is 12.4. The van der Waals surface area contributed by atoms with E-state index < -0.39 is 15.4 Å². The zero-order chi connectivity index (χ0) is 19.5. The number of nitrogens with zero attached hydrogens (tertiary/aromatic N) is 3. The number of thioether (sulfide) groups is 1. The van der Waals surface area contributed by atoms with E-state index in [-0.39, 0.29) is 23.2 Å². The van der Waals surface area contributed by atoms with Gasteiger partial charge in [0.1, 0.15) is 5.82 Å². The zero-order valence-corrected chi connectivity index (χ0v) is 17.4. The Balaban J connectivity index is 1.62. The van der Waals surface area contributed by atoms with E-state index in [4.69, 9.17) is 0 Å². The van der Waals surface area contributed by atoms with E-state index >= 15 is 0 Å². The number of sulfone groups is 1. The number of amides is 1. The van der Waals surface area contributed by atoms with Gasteiger partial charge in [0, 0.05) is 12.5 Å². The Morgan fingerprint density at radius 1 is 1.37 bits per heavy atom. The average molecular weight is 413 g/mol. The quantitative estimate of drug-likeness (QED) is 0.545. The fourth-order valence-corrected chi connectivity index (χ4v) is 6.83. The van der Waals surface area contributed by atoms with Crippen LogP contribution in [0.5, 0.6) is 0 Å². The Hall–Kier alpha value is -1.35. The van der Waals surface area contributed by atoms with Crippen LogP contribution in [-0.4, -0.2) is 51.9 Å². The van der Waals surface area contributed by atoms with Crippen LogP contribution in [0.2, 0.25) is 0 Å². The summed E-state index contributed by atoms with van der Waals surface area (Å²) in [5.41, 5.74) is -0.668. The summed E-state index contributed by atoms with van der Waals surface area (Å²) >= 11 is 1.34. The summed E-state index contributed by atoms with van der Waals surface area (Å²) < 4.78 is 25.4. The fraction of sp³-hybridized carbons (Fsp3) is 0.722. The molecule has 0 bridgehead atoms. The number of allylic oxidation sites excluding steroid dienone is 1. The van der Waals surface area contributed by atoms with E-state index in [2.05, 4.69) is 26.7 Å². The maximum atomic E-state index is 12.4. The lowest BCUT2D eigenvalue weighted by molar-refractivity contribution is -0.120. The second-order valence-corrected chi connectivity index (χ2v) is 10.9. The fourth-order valence-electron chi connectivity index (χ4n) is 3.98. The van der Waals surface area contributed by atoms with Gasteiger partial charge in [-0.2, -0.15) is 0 Å². The molecule has 2 fully saturated rings. The largest absolute Gasteiger partial charge is 0.349 e. The number of rotatable bonds is 7. The van der Waals surface area contributed by atoms with Crippen molar-refractivity contribution in [3.8, 4) is 0 Å². The molecule has 1 atom stereocenters. The number of aromatic nitrogens is 3. The molecule has 1 amide bonds. The van der Waals surface area contributed by atoms with Gasteiger partial charge in [-0.05, 0) is 26.2 Å². The van der Waals surface area contributed by atoms with E-state index in [1.165, 1.54) is 31.0 Å². The second kappa shape index (κ2) is 8.34. The number of hydrogen-bond donors (Lipinski definition) is 1. The lowest BCUT2D eigenvalue weighted by Gasteiger charge is -2.23. The molecule has 0 aromatic carbocycles. The topological polar surface area (TPSA) is 94.0 Å². The molecule has 1 saturated heterocycles. The number of nitrogens with one attached hydrogen (secondary N) is 1. The number of carbonyl (C=O) groups is 1. The normalized spacial score (nSPS) is 25.4. The lowest BCUT2D eigenvalue weighted by Crippen LogP contribution is -2.47. The maximum absolute atomic E-state index is 12.4. The molecule has 2 aliphatic rings. The van der Waals surface area contributed by atoms with Crippen molar-refractivity contribution < 1.29 is 13.2 Å². The van der Waals surface area contributed by atoms with E-state index in [0.717, 1.165) is 23.8 Å². The van der Waals surface area contributed by atoms with E-state index in [0.29, 0.717) is 18.9 Å². The van der Waals surface area contributed by atoms with Crippen LogP contribution in [0.25, 0.3) is 0 Å². The number of carbonyl (C=O) groups excluding carboxylic acids is 1. The predicted octanol–water partition coefficient (Wildman–Crippen LogP) is 2.30. The Kier molecular flexibility index (Phi) is 6.30. The molecule has 1 N–H and O–H groups in total. The van der Waals surface area contributed by atoms with Crippen LogP contribution >= 0.6 is 11.8 Å². The molecule has 1 aliphatic heterocycles. The molecule has 3 rings (SSSR count). The molecule has 7 nitrogen and oxygen atoms in total. The highest BCUT2D eigenvalue weighted by atomic mass is 32.2. The van der Waals surface area contributed by atoms with Gasteiger partial charge in [0.2, 0.25) is 5.91 Å². The van der Waals surface area contributed by atoms with Gasteiger partial charge in [-0.1, -0.05) is 37.1 Å². The van der Waals surface area contributed by atoms with E-state index in [9.17, 15) is 13.2 Å². The smallest absolute Gasteiger partial charge is 0.230 e. The van der Waals surface area contributed by atoms with Crippen molar-refractivity contribution >= 4 is 27.5 Å². The Labute approximate surface area is 165 Å². The molecule has 150 valence electrons. The van der Waals surface area contributed by atoms with Gasteiger partial charge in [0.15, 0.2) is 15.0 Å². The van der Waals surface area contributed by atoms with Gasteiger partial charge in [-0.15, -0.1) is 16.8 Å². The first-order valence-corrected chi connectivity index (χ1v) is 12.3. The minimum Gasteiger partial charge on any atom is -0.349 e. The Morgan fingerprint density at radius 3 is 2.74 bits per heavy atom. The van der Waals surface area contributed by atoms with Gasteiger partial charge in [-0.25, -0.2) is 8.42 Å². The SMILES string of the molecule is C=CCn1c(SCC(=O)NC2(C)CCS(=O)(=O)C2)nnc1C1CCCCC1. The highest BCUT2D eigenvalue weighted by Gasteiger charge is 2.39. The highest BCUT2D eigenvalue weighted by molar-refractivity contribution is 7.99. The molecule has 0 spiro atoms. The van der Waals surface area contributed by atoms with Gasteiger partial charge in [0.05, 0.1) is 22.8 Å². The van der Waals surface area contributed by atoms with Crippen LogP contribution in [-0.2, 0) is 21.2 Å². The average Bonchev–Trinajstić information content (AvgIpc) is 3.14. The molecular weight excluding hydrogens is 384 g/mol. The van der Waals surface area contributed by atoms with Crippen LogP contribution in [0.1, 0.15) is 57.2 Å². The summed E-state index contributed by atoms with van der Waals surface area (Å²) in [5, 5.41) is 12.3. The Bertz CT molecular complexity index is 800.